The normalized spacial score (nSPS) is 16.4. The average molecular weight is 1150 g/mol. The van der Waals surface area contributed by atoms with E-state index in [0.29, 0.717) is 0 Å². The van der Waals surface area contributed by atoms with Gasteiger partial charge in [0, 0.05) is 51.4 Å². The largest absolute Gasteiger partial charge is 0.487 e. The minimum atomic E-state index is -4.86. The smallest absolute Gasteiger partial charge is 0.264 e. The summed E-state index contributed by atoms with van der Waals surface area (Å²) in [5.41, 5.74) is 2.23. The topological polar surface area (TPSA) is 243 Å². The molecule has 79 heavy (non-hydrogen) atoms. The van der Waals surface area contributed by atoms with Crippen LogP contribution in [-0.2, 0) is 67.4 Å². The van der Waals surface area contributed by atoms with Crippen molar-refractivity contribution in [2.24, 2.45) is 0 Å². The highest BCUT2D eigenvalue weighted by Gasteiger charge is 2.38. The molecule has 0 saturated carbocycles. The molecule has 0 amide bonds. The van der Waals surface area contributed by atoms with E-state index in [2.05, 4.69) is 0 Å². The molecule has 416 valence electrons. The first-order valence-corrected chi connectivity index (χ1v) is 31.0. The number of hydrogen-bond donors (Lipinski definition) is 0. The first-order chi connectivity index (χ1) is 37.7. The zero-order valence-electron chi connectivity index (χ0n) is 44.1. The van der Waals surface area contributed by atoms with Crippen molar-refractivity contribution in [3.8, 4) is 23.6 Å². The van der Waals surface area contributed by atoms with E-state index in [1.807, 2.05) is 12.1 Å². The number of nitrogens with zero attached hydrogens (tertiary/aromatic N) is 6. The SMILES string of the molecule is Cc1ccc(S(=O)(=O)N2CCN(S(=O)(=O)c3ccc(C)cc3)c3cc4c(cc3N(S(=O)(=O)c3ccc(C)cc3)CCN(S(=O)(=O)c3ccc(C)cc3)Cc3cc(C#N)c(C#N)cc3C2)OCCOCCOCCOCCO4)cc1. The third kappa shape index (κ3) is 13.4. The number of sulfonamides is 4. The van der Waals surface area contributed by atoms with Crippen LogP contribution in [0.5, 0.6) is 11.5 Å². The van der Waals surface area contributed by atoms with Crippen LogP contribution >= 0.6 is 0 Å². The van der Waals surface area contributed by atoms with Gasteiger partial charge in [-0.15, -0.1) is 0 Å². The molecule has 0 aromatic heterocycles. The zero-order chi connectivity index (χ0) is 56.5. The van der Waals surface area contributed by atoms with Gasteiger partial charge in [-0.2, -0.15) is 19.1 Å². The van der Waals surface area contributed by atoms with Crippen LogP contribution in [0.25, 0.3) is 0 Å². The van der Waals surface area contributed by atoms with Gasteiger partial charge >= 0.3 is 0 Å². The Bertz CT molecular complexity index is 3460. The third-order valence-corrected chi connectivity index (χ3v) is 20.6. The van der Waals surface area contributed by atoms with Gasteiger partial charge in [0.05, 0.1) is 81.7 Å². The lowest BCUT2D eigenvalue weighted by Gasteiger charge is -2.35. The number of fused-ring (bicyclic) bond motifs is 3. The van der Waals surface area contributed by atoms with Crippen molar-refractivity contribution < 1.29 is 57.4 Å². The van der Waals surface area contributed by atoms with Gasteiger partial charge in [-0.3, -0.25) is 8.61 Å². The van der Waals surface area contributed by atoms with Crippen molar-refractivity contribution in [1.82, 2.24) is 8.61 Å². The molecule has 0 fully saturated rings. The molecule has 0 radical (unpaired) electrons. The lowest BCUT2D eigenvalue weighted by Crippen LogP contribution is -2.44. The Labute approximate surface area is 462 Å². The Morgan fingerprint density at radius 2 is 0.658 bits per heavy atom. The highest BCUT2D eigenvalue weighted by atomic mass is 32.2. The van der Waals surface area contributed by atoms with Crippen molar-refractivity contribution in [2.75, 3.05) is 87.6 Å². The number of nitriles is 2. The second kappa shape index (κ2) is 25.0. The van der Waals surface area contributed by atoms with Gasteiger partial charge in [0.1, 0.15) is 25.4 Å². The minimum absolute atomic E-state index is 0.0393. The number of rotatable bonds is 8. The summed E-state index contributed by atoms with van der Waals surface area (Å²) in [4.78, 5) is -0.827. The standard InChI is InChI=1S/C56H60N6O13S4/c1-41-5-13-49(14-6-41)76(63,64)59-21-23-61(78(67,68)51-17-9-43(3)10-18-51)53-35-55-56(75-32-30-73-28-26-71-25-27-72-29-31-74-55)36-54(53)62(79(69,70)52-19-11-44(4)12-20-52)24-22-60(77(65,66)50-15-7-42(2)8-16-50)40-48-34-46(38-58)45(37-57)33-47(48)39-59/h5-20,33-36H,21-32,39-40H2,1-4H3. The molecule has 2 aliphatic rings. The fourth-order valence-electron chi connectivity index (χ4n) is 8.78. The molecule has 19 nitrogen and oxygen atoms in total. The summed E-state index contributed by atoms with van der Waals surface area (Å²) in [5.74, 6) is -0.101. The van der Waals surface area contributed by atoms with E-state index in [4.69, 9.17) is 23.7 Å². The fraction of sp³-hybridized carbons (Fsp3) is 0.321. The third-order valence-electron chi connectivity index (χ3n) is 13.2. The van der Waals surface area contributed by atoms with Gasteiger partial charge in [0.25, 0.3) is 20.0 Å². The molecule has 0 unspecified atom stereocenters. The van der Waals surface area contributed by atoms with Crippen molar-refractivity contribution in [2.45, 2.75) is 60.4 Å². The van der Waals surface area contributed by atoms with Crippen molar-refractivity contribution >= 4 is 51.5 Å². The second-order valence-electron chi connectivity index (χ2n) is 18.8. The Balaban J connectivity index is 1.46. The van der Waals surface area contributed by atoms with Crippen LogP contribution in [-0.4, -0.2) is 121 Å². The quantitative estimate of drug-likeness (QED) is 0.149. The van der Waals surface area contributed by atoms with E-state index in [0.717, 1.165) is 39.5 Å². The van der Waals surface area contributed by atoms with Crippen molar-refractivity contribution in [3.05, 3.63) is 166 Å². The average Bonchev–Trinajstić information content (AvgIpc) is 3.54. The van der Waals surface area contributed by atoms with Crippen LogP contribution in [0.3, 0.4) is 0 Å². The van der Waals surface area contributed by atoms with Gasteiger partial charge < -0.3 is 23.7 Å². The Morgan fingerprint density at radius 3 is 0.949 bits per heavy atom. The second-order valence-corrected chi connectivity index (χ2v) is 26.4. The highest BCUT2D eigenvalue weighted by Crippen LogP contribution is 2.45. The molecule has 8 rings (SSSR count). The molecule has 0 aliphatic carbocycles. The Hall–Kier alpha value is -6.90. The predicted octanol–water partition coefficient (Wildman–Crippen LogP) is 6.97. The first-order valence-electron chi connectivity index (χ1n) is 25.2. The number of ether oxygens (including phenoxy) is 5. The van der Waals surface area contributed by atoms with Crippen LogP contribution in [0.1, 0.15) is 44.5 Å². The Kier molecular flexibility index (Phi) is 18.5. The first kappa shape index (κ1) is 58.3. The van der Waals surface area contributed by atoms with Crippen LogP contribution in [0.15, 0.2) is 141 Å². The summed E-state index contributed by atoms with van der Waals surface area (Å²) in [7, 11) is -19.0. The molecular weight excluding hydrogens is 1090 g/mol. The van der Waals surface area contributed by atoms with Gasteiger partial charge in [0.15, 0.2) is 11.5 Å². The van der Waals surface area contributed by atoms with Crippen molar-refractivity contribution in [1.29, 1.82) is 10.5 Å². The minimum Gasteiger partial charge on any atom is -0.487 e. The number of benzene rings is 6. The van der Waals surface area contributed by atoms with Gasteiger partial charge in [-0.25, -0.2) is 33.7 Å². The molecule has 0 saturated heterocycles. The molecule has 2 aliphatic heterocycles. The lowest BCUT2D eigenvalue weighted by atomic mass is 9.99. The molecule has 23 heteroatoms. The van der Waals surface area contributed by atoms with E-state index in [1.165, 1.54) is 72.8 Å². The highest BCUT2D eigenvalue weighted by molar-refractivity contribution is 7.93. The predicted molar refractivity (Wildman–Crippen MR) is 295 cm³/mol. The molecule has 0 atom stereocenters. The summed E-state index contributed by atoms with van der Waals surface area (Å²) >= 11 is 0. The molecule has 0 N–H and O–H groups in total. The maximum Gasteiger partial charge on any atom is 0.264 e. The molecule has 6 aromatic carbocycles. The molecule has 0 bridgehead atoms. The van der Waals surface area contributed by atoms with Crippen LogP contribution in [0.2, 0.25) is 0 Å². The summed E-state index contributed by atoms with van der Waals surface area (Å²) in [6.07, 6.45) is 0. The van der Waals surface area contributed by atoms with E-state index >= 15 is 33.7 Å². The fourth-order valence-corrected chi connectivity index (χ4v) is 14.5. The molecular formula is C56H60N6O13S4. The van der Waals surface area contributed by atoms with E-state index in [-0.39, 0.29) is 118 Å². The van der Waals surface area contributed by atoms with Crippen molar-refractivity contribution in [3.63, 3.8) is 0 Å². The summed E-state index contributed by atoms with van der Waals surface area (Å²) in [6.45, 7) is 4.22. The summed E-state index contributed by atoms with van der Waals surface area (Å²) in [5, 5.41) is 20.7. The summed E-state index contributed by atoms with van der Waals surface area (Å²) < 4.78 is 158. The molecule has 0 spiro atoms. The van der Waals surface area contributed by atoms with E-state index in [1.54, 1.807) is 76.2 Å². The monoisotopic (exact) mass is 1150 g/mol. The number of hydrogen-bond acceptors (Lipinski definition) is 15. The van der Waals surface area contributed by atoms with Gasteiger partial charge in [-0.1, -0.05) is 70.8 Å². The van der Waals surface area contributed by atoms with Gasteiger partial charge in [0.2, 0.25) is 20.0 Å². The molecule has 6 aromatic rings. The van der Waals surface area contributed by atoms with Crippen LogP contribution in [0, 0.1) is 50.4 Å². The van der Waals surface area contributed by atoms with E-state index in [9.17, 15) is 10.5 Å². The molecule has 2 heterocycles. The van der Waals surface area contributed by atoms with Crippen LogP contribution < -0.4 is 18.1 Å². The summed E-state index contributed by atoms with van der Waals surface area (Å²) in [6, 6.07) is 33.0. The zero-order valence-corrected chi connectivity index (χ0v) is 47.3. The Morgan fingerprint density at radius 1 is 0.380 bits per heavy atom. The maximum absolute atomic E-state index is 15.7. The van der Waals surface area contributed by atoms with Gasteiger partial charge in [-0.05, 0) is 99.5 Å². The van der Waals surface area contributed by atoms with E-state index < -0.39 is 79.4 Å². The lowest BCUT2D eigenvalue weighted by molar-refractivity contribution is 0.00708. The van der Waals surface area contributed by atoms with Crippen LogP contribution in [0.4, 0.5) is 11.4 Å². The maximum atomic E-state index is 15.7. The number of anilines is 2. The number of aryl methyl sites for hydroxylation is 4.